The third-order valence-corrected chi connectivity index (χ3v) is 6.96. The maximum Gasteiger partial charge on any atom is 0.261 e. The number of benzene rings is 2. The van der Waals surface area contributed by atoms with Crippen LogP contribution in [-0.2, 0) is 17.6 Å². The lowest BCUT2D eigenvalue weighted by Crippen LogP contribution is -2.32. The molecule has 2 heterocycles. The number of thiophene rings is 1. The van der Waals surface area contributed by atoms with E-state index in [9.17, 15) is 14.4 Å². The normalized spacial score (nSPS) is 14.9. The summed E-state index contributed by atoms with van der Waals surface area (Å²) in [5.41, 5.74) is 4.44. The van der Waals surface area contributed by atoms with E-state index in [1.165, 1.54) is 11.3 Å². The fourth-order valence-corrected chi connectivity index (χ4v) is 5.09. The Balaban J connectivity index is 1.47. The zero-order chi connectivity index (χ0) is 21.4. The van der Waals surface area contributed by atoms with Crippen molar-refractivity contribution in [3.63, 3.8) is 0 Å². The van der Waals surface area contributed by atoms with Crippen LogP contribution in [0.2, 0.25) is 0 Å². The van der Waals surface area contributed by atoms with Gasteiger partial charge in [-0.25, -0.2) is 0 Å². The Morgan fingerprint density at radius 3 is 2.61 bits per heavy atom. The Bertz CT molecular complexity index is 1160. The summed E-state index contributed by atoms with van der Waals surface area (Å²) in [6.45, 7) is 0.541. The monoisotopic (exact) mass is 430 g/mol. The van der Waals surface area contributed by atoms with E-state index in [0.717, 1.165) is 51.3 Å². The molecular formula is C25H22N2O3S. The van der Waals surface area contributed by atoms with Gasteiger partial charge < -0.3 is 15.0 Å². The summed E-state index contributed by atoms with van der Waals surface area (Å²) in [4.78, 5) is 40.2. The van der Waals surface area contributed by atoms with Gasteiger partial charge >= 0.3 is 0 Å². The molecule has 6 heteroatoms. The molecule has 156 valence electrons. The lowest BCUT2D eigenvalue weighted by atomic mass is 10.1. The highest BCUT2D eigenvalue weighted by Gasteiger charge is 2.29. The predicted octanol–water partition coefficient (Wildman–Crippen LogP) is 4.25. The van der Waals surface area contributed by atoms with E-state index >= 15 is 0 Å². The minimum atomic E-state index is -0.0630. The van der Waals surface area contributed by atoms with Crippen molar-refractivity contribution >= 4 is 35.1 Å². The van der Waals surface area contributed by atoms with Crippen molar-refractivity contribution in [2.75, 3.05) is 11.4 Å². The maximum atomic E-state index is 13.4. The molecule has 1 fully saturated rings. The van der Waals surface area contributed by atoms with E-state index < -0.39 is 0 Å². The molecule has 31 heavy (non-hydrogen) atoms. The van der Waals surface area contributed by atoms with Gasteiger partial charge in [0.15, 0.2) is 0 Å². The summed E-state index contributed by atoms with van der Waals surface area (Å²) < 4.78 is 0. The smallest absolute Gasteiger partial charge is 0.261 e. The Kier molecular flexibility index (Phi) is 5.16. The quantitative estimate of drug-likeness (QED) is 0.616. The van der Waals surface area contributed by atoms with Crippen LogP contribution in [0.15, 0.2) is 54.6 Å². The highest BCUT2D eigenvalue weighted by Crippen LogP contribution is 2.42. The number of amides is 2. The first-order valence-corrected chi connectivity index (χ1v) is 11.3. The van der Waals surface area contributed by atoms with E-state index in [2.05, 4.69) is 5.32 Å². The number of anilines is 1. The van der Waals surface area contributed by atoms with Crippen LogP contribution in [0, 0.1) is 0 Å². The lowest BCUT2D eigenvalue weighted by molar-refractivity contribution is -0.107. The number of para-hydroxylation sites is 1. The largest absolute Gasteiger partial charge is 0.349 e. The molecule has 3 aromatic rings. The van der Waals surface area contributed by atoms with Gasteiger partial charge in [-0.2, -0.15) is 0 Å². The Labute approximate surface area is 184 Å². The molecule has 5 rings (SSSR count). The van der Waals surface area contributed by atoms with Crippen LogP contribution < -0.4 is 10.2 Å². The Morgan fingerprint density at radius 2 is 1.87 bits per heavy atom. The first-order valence-electron chi connectivity index (χ1n) is 10.5. The van der Waals surface area contributed by atoms with E-state index in [-0.39, 0.29) is 11.8 Å². The second-order valence-electron chi connectivity index (χ2n) is 8.00. The number of nitrogens with zero attached hydrogens (tertiary/aromatic N) is 1. The third-order valence-electron chi connectivity index (χ3n) is 5.75. The molecule has 0 radical (unpaired) electrons. The van der Waals surface area contributed by atoms with Gasteiger partial charge in [0.1, 0.15) is 6.29 Å². The molecule has 0 saturated heterocycles. The van der Waals surface area contributed by atoms with Crippen LogP contribution in [0.1, 0.15) is 44.0 Å². The lowest BCUT2D eigenvalue weighted by Gasteiger charge is -2.23. The van der Waals surface area contributed by atoms with E-state index in [4.69, 9.17) is 0 Å². The minimum Gasteiger partial charge on any atom is -0.349 e. The number of fused-ring (bicyclic) bond motifs is 3. The van der Waals surface area contributed by atoms with Crippen molar-refractivity contribution in [1.82, 2.24) is 5.32 Å². The zero-order valence-electron chi connectivity index (χ0n) is 17.0. The van der Waals surface area contributed by atoms with Crippen molar-refractivity contribution < 1.29 is 14.4 Å². The van der Waals surface area contributed by atoms with Crippen LogP contribution in [0.4, 0.5) is 5.69 Å². The molecule has 2 aromatic carbocycles. The van der Waals surface area contributed by atoms with Gasteiger partial charge in [-0.15, -0.1) is 11.3 Å². The molecule has 2 amide bonds. The number of hydrogen-bond acceptors (Lipinski definition) is 4. The summed E-state index contributed by atoms with van der Waals surface area (Å²) in [6.07, 6.45) is 4.02. The van der Waals surface area contributed by atoms with Crippen molar-refractivity contribution in [3.8, 4) is 10.4 Å². The van der Waals surface area contributed by atoms with E-state index in [1.807, 2.05) is 47.4 Å². The molecule has 0 spiro atoms. The van der Waals surface area contributed by atoms with Gasteiger partial charge in [-0.3, -0.25) is 9.59 Å². The average molecular weight is 431 g/mol. The standard InChI is InChI=1S/C25H22N2O3S/c28-14-12-16-5-7-17(8-6-16)25(30)27-13-11-18-15-22(24(29)26-19-9-10-19)31-23(18)20-3-1-2-4-21(20)27/h1-8,14-15,19H,9-13H2,(H,26,29). The van der Waals surface area contributed by atoms with Gasteiger partial charge in [0.05, 0.1) is 10.6 Å². The van der Waals surface area contributed by atoms with E-state index in [0.29, 0.717) is 31.0 Å². The summed E-state index contributed by atoms with van der Waals surface area (Å²) in [5, 5.41) is 3.07. The van der Waals surface area contributed by atoms with Gasteiger partial charge in [0.2, 0.25) is 0 Å². The number of hydrogen-bond donors (Lipinski definition) is 1. The van der Waals surface area contributed by atoms with Gasteiger partial charge in [0, 0.05) is 35.0 Å². The first-order chi connectivity index (χ1) is 15.1. The summed E-state index contributed by atoms with van der Waals surface area (Å²) in [6, 6.07) is 17.4. The highest BCUT2D eigenvalue weighted by molar-refractivity contribution is 7.17. The van der Waals surface area contributed by atoms with Crippen molar-refractivity contribution in [2.45, 2.75) is 31.7 Å². The molecule has 0 bridgehead atoms. The second kappa shape index (κ2) is 8.12. The number of carbonyl (C=O) groups is 3. The molecule has 0 unspecified atom stereocenters. The van der Waals surface area contributed by atoms with Crippen LogP contribution in [0.25, 0.3) is 10.4 Å². The highest BCUT2D eigenvalue weighted by atomic mass is 32.1. The summed E-state index contributed by atoms with van der Waals surface area (Å²) in [5.74, 6) is -0.0617. The van der Waals surface area contributed by atoms with Crippen molar-refractivity contribution in [2.24, 2.45) is 0 Å². The number of rotatable bonds is 5. The Hall–Kier alpha value is -3.25. The van der Waals surface area contributed by atoms with Gasteiger partial charge in [-0.05, 0) is 54.7 Å². The van der Waals surface area contributed by atoms with Crippen LogP contribution in [0.5, 0.6) is 0 Å². The molecule has 5 nitrogen and oxygen atoms in total. The molecule has 0 atom stereocenters. The summed E-state index contributed by atoms with van der Waals surface area (Å²) >= 11 is 1.50. The fourth-order valence-electron chi connectivity index (χ4n) is 3.94. The molecule has 2 aliphatic rings. The minimum absolute atomic E-state index is 0.00130. The number of aldehydes is 1. The second-order valence-corrected chi connectivity index (χ2v) is 9.06. The summed E-state index contributed by atoms with van der Waals surface area (Å²) in [7, 11) is 0. The number of nitrogens with one attached hydrogen (secondary N) is 1. The molecule has 1 N–H and O–H groups in total. The SMILES string of the molecule is O=CCc1ccc(C(=O)N2CCc3cc(C(=O)NC4CC4)sc3-c3ccccc32)cc1. The maximum absolute atomic E-state index is 13.4. The van der Waals surface area contributed by atoms with Crippen LogP contribution in [0.3, 0.4) is 0 Å². The Morgan fingerprint density at radius 1 is 1.10 bits per heavy atom. The molecule has 1 aliphatic carbocycles. The van der Waals surface area contributed by atoms with Crippen LogP contribution in [-0.4, -0.2) is 30.7 Å². The molecular weight excluding hydrogens is 408 g/mol. The molecule has 1 saturated carbocycles. The van der Waals surface area contributed by atoms with Gasteiger partial charge in [-0.1, -0.05) is 30.3 Å². The number of carbonyl (C=O) groups excluding carboxylic acids is 3. The van der Waals surface area contributed by atoms with Crippen molar-refractivity contribution in [1.29, 1.82) is 0 Å². The first kappa shape index (κ1) is 19.7. The molecule has 1 aliphatic heterocycles. The topological polar surface area (TPSA) is 66.5 Å². The third kappa shape index (κ3) is 3.91. The average Bonchev–Trinajstić information content (AvgIpc) is 3.53. The van der Waals surface area contributed by atoms with Gasteiger partial charge in [0.25, 0.3) is 11.8 Å². The van der Waals surface area contributed by atoms with Crippen molar-refractivity contribution in [3.05, 3.63) is 76.2 Å². The predicted molar refractivity (Wildman–Crippen MR) is 122 cm³/mol. The van der Waals surface area contributed by atoms with E-state index in [1.54, 1.807) is 12.1 Å². The molecule has 1 aromatic heterocycles. The zero-order valence-corrected chi connectivity index (χ0v) is 17.8. The van der Waals surface area contributed by atoms with Crippen LogP contribution >= 0.6 is 11.3 Å². The fraction of sp³-hybridized carbons (Fsp3) is 0.240.